The summed E-state index contributed by atoms with van der Waals surface area (Å²) >= 11 is 0. The maximum Gasteiger partial charge on any atom is 0.311 e. The Morgan fingerprint density at radius 2 is 1.81 bits per heavy atom. The molecule has 0 amide bonds. The van der Waals surface area contributed by atoms with Crippen molar-refractivity contribution in [3.8, 4) is 0 Å². The van der Waals surface area contributed by atoms with Crippen molar-refractivity contribution in [3.63, 3.8) is 0 Å². The molecule has 0 spiro atoms. The maximum atomic E-state index is 10.9. The van der Waals surface area contributed by atoms with E-state index in [4.69, 9.17) is 15.3 Å². The number of rotatable bonds is 7. The predicted octanol–water partition coefficient (Wildman–Crippen LogP) is 0.319. The van der Waals surface area contributed by atoms with Crippen molar-refractivity contribution in [3.05, 3.63) is 0 Å². The molecule has 0 aliphatic rings. The first-order valence-corrected chi connectivity index (χ1v) is 5.66. The number of aliphatic hydroxyl groups is 3. The Labute approximate surface area is 97.1 Å². The Morgan fingerprint density at radius 1 is 1.19 bits per heavy atom. The van der Waals surface area contributed by atoms with Gasteiger partial charge in [-0.25, -0.2) is 0 Å². The van der Waals surface area contributed by atoms with E-state index in [9.17, 15) is 4.79 Å². The second kappa shape index (κ2) is 14.3. The molecule has 0 fully saturated rings. The Balaban J connectivity index is 0. The van der Waals surface area contributed by atoms with E-state index >= 15 is 0 Å². The first-order valence-electron chi connectivity index (χ1n) is 5.66. The Bertz CT molecular complexity index is 147. The molecule has 0 rings (SSSR count). The third kappa shape index (κ3) is 11.4. The summed E-state index contributed by atoms with van der Waals surface area (Å²) < 4.78 is 4.64. The van der Waals surface area contributed by atoms with Gasteiger partial charge in [0, 0.05) is 13.2 Å². The van der Waals surface area contributed by atoms with Crippen LogP contribution in [0.15, 0.2) is 0 Å². The fourth-order valence-corrected chi connectivity index (χ4v) is 0.858. The molecule has 0 heterocycles. The summed E-state index contributed by atoms with van der Waals surface area (Å²) in [5, 5.41) is 25.2. The van der Waals surface area contributed by atoms with Crippen molar-refractivity contribution in [2.24, 2.45) is 5.92 Å². The standard InChI is InChI=1S/C7H14O4.C4H10O/c1-2-11-7(10)6(5-9)3-4-8;1-2-3-4-5/h6,8-9H,2-5H2,1H3;5H,2-4H2,1H3. The zero-order valence-electron chi connectivity index (χ0n) is 10.2. The molecule has 0 radical (unpaired) electrons. The van der Waals surface area contributed by atoms with Crippen LogP contribution in [0.25, 0.3) is 0 Å². The third-order valence-electron chi connectivity index (χ3n) is 1.83. The van der Waals surface area contributed by atoms with E-state index in [1.165, 1.54) is 0 Å². The molecule has 0 aromatic rings. The minimum atomic E-state index is -0.569. The Kier molecular flexibility index (Phi) is 15.9. The lowest BCUT2D eigenvalue weighted by Crippen LogP contribution is -2.22. The van der Waals surface area contributed by atoms with Gasteiger partial charge in [0.05, 0.1) is 19.1 Å². The van der Waals surface area contributed by atoms with Gasteiger partial charge in [-0.05, 0) is 19.8 Å². The minimum absolute atomic E-state index is 0.107. The molecule has 0 saturated carbocycles. The maximum absolute atomic E-state index is 10.9. The van der Waals surface area contributed by atoms with Crippen molar-refractivity contribution in [2.45, 2.75) is 33.1 Å². The van der Waals surface area contributed by atoms with Gasteiger partial charge in [-0.2, -0.15) is 0 Å². The van der Waals surface area contributed by atoms with Crippen LogP contribution >= 0.6 is 0 Å². The first kappa shape index (κ1) is 17.7. The van der Waals surface area contributed by atoms with Crippen molar-refractivity contribution < 1.29 is 24.9 Å². The van der Waals surface area contributed by atoms with Gasteiger partial charge in [0.1, 0.15) is 0 Å². The Morgan fingerprint density at radius 3 is 2.06 bits per heavy atom. The fraction of sp³-hybridized carbons (Fsp3) is 0.909. The SMILES string of the molecule is CCCCO.CCOC(=O)C(CO)CCO. The summed E-state index contributed by atoms with van der Waals surface area (Å²) in [6.07, 6.45) is 2.30. The number of esters is 1. The van der Waals surface area contributed by atoms with Gasteiger partial charge in [-0.15, -0.1) is 0 Å². The number of hydrogen-bond acceptors (Lipinski definition) is 5. The summed E-state index contributed by atoms with van der Waals surface area (Å²) in [5.74, 6) is -1.01. The van der Waals surface area contributed by atoms with Gasteiger partial charge in [0.15, 0.2) is 0 Å². The second-order valence-corrected chi connectivity index (χ2v) is 3.22. The highest BCUT2D eigenvalue weighted by Gasteiger charge is 2.17. The summed E-state index contributed by atoms with van der Waals surface area (Å²) in [7, 11) is 0. The largest absolute Gasteiger partial charge is 0.466 e. The zero-order valence-corrected chi connectivity index (χ0v) is 10.2. The molecule has 5 heteroatoms. The number of carbonyl (C=O) groups is 1. The number of unbranched alkanes of at least 4 members (excludes halogenated alkanes) is 1. The van der Waals surface area contributed by atoms with E-state index in [0.29, 0.717) is 13.2 Å². The van der Waals surface area contributed by atoms with E-state index in [1.807, 2.05) is 0 Å². The average molecular weight is 236 g/mol. The molecule has 0 aromatic heterocycles. The second-order valence-electron chi connectivity index (χ2n) is 3.22. The molecule has 16 heavy (non-hydrogen) atoms. The molecule has 0 aromatic carbocycles. The van der Waals surface area contributed by atoms with Crippen molar-refractivity contribution in [1.82, 2.24) is 0 Å². The molecule has 1 atom stereocenters. The van der Waals surface area contributed by atoms with Crippen molar-refractivity contribution >= 4 is 5.97 Å². The van der Waals surface area contributed by atoms with Crippen LogP contribution in [0.4, 0.5) is 0 Å². The number of aliphatic hydroxyl groups excluding tert-OH is 3. The molecule has 3 N–H and O–H groups in total. The fourth-order valence-electron chi connectivity index (χ4n) is 0.858. The van der Waals surface area contributed by atoms with Gasteiger partial charge in [-0.1, -0.05) is 13.3 Å². The normalized spacial score (nSPS) is 11.3. The predicted molar refractivity (Wildman–Crippen MR) is 60.9 cm³/mol. The average Bonchev–Trinajstić information content (AvgIpc) is 2.28. The monoisotopic (exact) mass is 236 g/mol. The molecule has 5 nitrogen and oxygen atoms in total. The van der Waals surface area contributed by atoms with Crippen LogP contribution in [0.2, 0.25) is 0 Å². The van der Waals surface area contributed by atoms with Crippen molar-refractivity contribution in [1.29, 1.82) is 0 Å². The molecule has 0 aliphatic carbocycles. The van der Waals surface area contributed by atoms with Gasteiger partial charge >= 0.3 is 5.97 Å². The van der Waals surface area contributed by atoms with Gasteiger partial charge in [0.2, 0.25) is 0 Å². The first-order chi connectivity index (χ1) is 7.67. The van der Waals surface area contributed by atoms with E-state index in [2.05, 4.69) is 11.7 Å². The summed E-state index contributed by atoms with van der Waals surface area (Å²) in [4.78, 5) is 10.9. The lowest BCUT2D eigenvalue weighted by Gasteiger charge is -2.10. The molecule has 0 bridgehead atoms. The van der Waals surface area contributed by atoms with E-state index in [-0.39, 0.29) is 19.6 Å². The zero-order chi connectivity index (χ0) is 12.8. The third-order valence-corrected chi connectivity index (χ3v) is 1.83. The van der Waals surface area contributed by atoms with Crippen LogP contribution in [0.3, 0.4) is 0 Å². The molecule has 0 aliphatic heterocycles. The molecular formula is C11H24O5. The highest BCUT2D eigenvalue weighted by molar-refractivity contribution is 5.72. The van der Waals surface area contributed by atoms with Gasteiger partial charge < -0.3 is 20.1 Å². The molecular weight excluding hydrogens is 212 g/mol. The lowest BCUT2D eigenvalue weighted by molar-refractivity contribution is -0.150. The van der Waals surface area contributed by atoms with E-state index in [1.54, 1.807) is 6.92 Å². The highest BCUT2D eigenvalue weighted by Crippen LogP contribution is 2.03. The minimum Gasteiger partial charge on any atom is -0.466 e. The molecule has 1 unspecified atom stereocenters. The van der Waals surface area contributed by atoms with Crippen LogP contribution < -0.4 is 0 Å². The van der Waals surface area contributed by atoms with Crippen LogP contribution in [0, 0.1) is 5.92 Å². The van der Waals surface area contributed by atoms with Crippen LogP contribution in [0.1, 0.15) is 33.1 Å². The quantitative estimate of drug-likeness (QED) is 0.554. The van der Waals surface area contributed by atoms with E-state index in [0.717, 1.165) is 12.8 Å². The van der Waals surface area contributed by atoms with E-state index < -0.39 is 11.9 Å². The summed E-state index contributed by atoms with van der Waals surface area (Å²) in [6.45, 7) is 4.03. The number of ether oxygens (including phenoxy) is 1. The Hall–Kier alpha value is -0.650. The summed E-state index contributed by atoms with van der Waals surface area (Å²) in [6, 6.07) is 0. The highest BCUT2D eigenvalue weighted by atomic mass is 16.5. The molecule has 0 saturated heterocycles. The summed E-state index contributed by atoms with van der Waals surface area (Å²) in [5.41, 5.74) is 0. The van der Waals surface area contributed by atoms with Crippen molar-refractivity contribution in [2.75, 3.05) is 26.4 Å². The van der Waals surface area contributed by atoms with Gasteiger partial charge in [-0.3, -0.25) is 4.79 Å². The van der Waals surface area contributed by atoms with Crippen LogP contribution in [-0.2, 0) is 9.53 Å². The van der Waals surface area contributed by atoms with Crippen LogP contribution in [-0.4, -0.2) is 47.7 Å². The number of hydrogen-bond donors (Lipinski definition) is 3. The lowest BCUT2D eigenvalue weighted by atomic mass is 10.1. The molecule has 98 valence electrons. The smallest absolute Gasteiger partial charge is 0.311 e. The topological polar surface area (TPSA) is 87.0 Å². The number of carbonyl (C=O) groups excluding carboxylic acids is 1. The van der Waals surface area contributed by atoms with Gasteiger partial charge in [0.25, 0.3) is 0 Å². The van der Waals surface area contributed by atoms with Crippen LogP contribution in [0.5, 0.6) is 0 Å².